The van der Waals surface area contributed by atoms with E-state index in [1.54, 1.807) is 0 Å². The lowest BCUT2D eigenvalue weighted by Gasteiger charge is -2.09. The van der Waals surface area contributed by atoms with E-state index in [1.165, 1.54) is 27.0 Å². The third-order valence-electron chi connectivity index (χ3n) is 5.00. The fraction of sp³-hybridized carbons (Fsp3) is 0.200. The highest BCUT2D eigenvalue weighted by Crippen LogP contribution is 2.15. The summed E-state index contributed by atoms with van der Waals surface area (Å²) in [6.45, 7) is 0. The van der Waals surface area contributed by atoms with Gasteiger partial charge in [-0.25, -0.2) is 0 Å². The number of nitrogens with zero attached hydrogens (tertiary/aromatic N) is 2. The number of hydrogen-bond donors (Lipinski definition) is 1. The summed E-state index contributed by atoms with van der Waals surface area (Å²) in [5, 5.41) is 4.90. The topological polar surface area (TPSA) is 35.9 Å². The van der Waals surface area contributed by atoms with Crippen molar-refractivity contribution in [2.75, 3.05) is 5.84 Å². The third-order valence-corrected chi connectivity index (χ3v) is 5.64. The Kier molecular flexibility index (Phi) is 3.04. The first-order chi connectivity index (χ1) is 11.8. The van der Waals surface area contributed by atoms with Crippen molar-refractivity contribution >= 4 is 51.3 Å². The number of benzene rings is 1. The molecule has 0 spiro atoms. The quantitative estimate of drug-likeness (QED) is 0.500. The standard InChI is InChI=1S/C20H18BrN3/c21-13-10-11-18-16(12-13)19-20(24(18)22)15-8-4-5-9-17(15)23(19)14-6-2-1-3-7-14/h1-3,6-9,11-13H,4-5,10,22H2. The molecule has 4 heteroatoms. The Morgan fingerprint density at radius 1 is 0.917 bits per heavy atom. The van der Waals surface area contributed by atoms with Gasteiger partial charge in [0.2, 0.25) is 0 Å². The number of fused-ring (bicyclic) bond motifs is 5. The van der Waals surface area contributed by atoms with E-state index in [1.807, 2.05) is 4.68 Å². The van der Waals surface area contributed by atoms with Gasteiger partial charge in [-0.1, -0.05) is 58.4 Å². The predicted octanol–water partition coefficient (Wildman–Crippen LogP) is 1.23. The lowest BCUT2D eigenvalue weighted by molar-refractivity contribution is 0.972. The van der Waals surface area contributed by atoms with Crippen molar-refractivity contribution in [2.24, 2.45) is 0 Å². The van der Waals surface area contributed by atoms with Crippen LogP contribution < -0.4 is 27.0 Å². The van der Waals surface area contributed by atoms with E-state index >= 15 is 0 Å². The summed E-state index contributed by atoms with van der Waals surface area (Å²) < 4.78 is 4.26. The van der Waals surface area contributed by atoms with Gasteiger partial charge in [-0.05, 0) is 31.4 Å². The summed E-state index contributed by atoms with van der Waals surface area (Å²) in [6.07, 6.45) is 12.3. The van der Waals surface area contributed by atoms with Gasteiger partial charge in [0.15, 0.2) is 0 Å². The normalized spacial score (nSPS) is 18.8. The molecule has 0 radical (unpaired) electrons. The molecule has 120 valence electrons. The molecule has 0 saturated heterocycles. The molecule has 2 aromatic heterocycles. The van der Waals surface area contributed by atoms with Gasteiger partial charge in [0, 0.05) is 21.0 Å². The number of alkyl halides is 1. The van der Waals surface area contributed by atoms with Crippen LogP contribution in [0.2, 0.25) is 0 Å². The Morgan fingerprint density at radius 2 is 1.71 bits per heavy atom. The average Bonchev–Trinajstić information content (AvgIpc) is 3.09. The first-order valence-electron chi connectivity index (χ1n) is 8.38. The van der Waals surface area contributed by atoms with Crippen LogP contribution in [0.5, 0.6) is 0 Å². The van der Waals surface area contributed by atoms with Crippen LogP contribution in [0.4, 0.5) is 0 Å². The van der Waals surface area contributed by atoms with Crippen LogP contribution in [0, 0.1) is 0 Å². The largest absolute Gasteiger partial charge is 0.338 e. The van der Waals surface area contributed by atoms with Gasteiger partial charge >= 0.3 is 0 Å². The Balaban J connectivity index is 2.10. The van der Waals surface area contributed by atoms with Crippen molar-refractivity contribution in [1.82, 2.24) is 9.24 Å². The van der Waals surface area contributed by atoms with Crippen molar-refractivity contribution < 1.29 is 0 Å². The molecular formula is C20H18BrN3. The Morgan fingerprint density at radius 3 is 2.54 bits per heavy atom. The van der Waals surface area contributed by atoms with Crippen LogP contribution in [0.1, 0.15) is 19.3 Å². The van der Waals surface area contributed by atoms with Crippen molar-refractivity contribution in [3.05, 3.63) is 51.5 Å². The molecule has 0 fully saturated rings. The molecule has 3 aromatic rings. The average molecular weight is 380 g/mol. The van der Waals surface area contributed by atoms with E-state index in [-0.39, 0.29) is 0 Å². The highest BCUT2D eigenvalue weighted by Gasteiger charge is 2.19. The summed E-state index contributed by atoms with van der Waals surface area (Å²) in [6, 6.07) is 10.6. The van der Waals surface area contributed by atoms with Crippen molar-refractivity contribution in [3.8, 4) is 5.69 Å². The van der Waals surface area contributed by atoms with Crippen molar-refractivity contribution in [2.45, 2.75) is 24.1 Å². The van der Waals surface area contributed by atoms with E-state index in [0.717, 1.165) is 30.1 Å². The number of rotatable bonds is 1. The second-order valence-electron chi connectivity index (χ2n) is 6.44. The second-order valence-corrected chi connectivity index (χ2v) is 7.62. The van der Waals surface area contributed by atoms with Crippen molar-refractivity contribution in [3.63, 3.8) is 0 Å². The third kappa shape index (κ3) is 1.83. The SMILES string of the molecule is Nn1c2c(c3c1c1c(n3-c3ccccc3)=CCCC=1)=CC(Br)CC=2. The molecule has 2 N–H and O–H groups in total. The lowest BCUT2D eigenvalue weighted by Crippen LogP contribution is -2.40. The fourth-order valence-corrected chi connectivity index (χ4v) is 4.45. The van der Waals surface area contributed by atoms with Crippen LogP contribution in [-0.2, 0) is 0 Å². The molecule has 0 bridgehead atoms. The predicted molar refractivity (Wildman–Crippen MR) is 104 cm³/mol. The van der Waals surface area contributed by atoms with E-state index in [4.69, 9.17) is 5.84 Å². The van der Waals surface area contributed by atoms with Gasteiger partial charge in [-0.3, -0.25) is 4.68 Å². The Hall–Kier alpha value is -2.20. The minimum atomic E-state index is 0.361. The number of para-hydroxylation sites is 1. The monoisotopic (exact) mass is 379 g/mol. The molecule has 2 aliphatic rings. The molecule has 2 heterocycles. The molecule has 3 nitrogen and oxygen atoms in total. The zero-order chi connectivity index (χ0) is 16.3. The number of halogens is 1. The molecule has 1 aromatic carbocycles. The van der Waals surface area contributed by atoms with E-state index < -0.39 is 0 Å². The minimum Gasteiger partial charge on any atom is -0.338 e. The number of nitrogen functional groups attached to an aromatic ring is 1. The van der Waals surface area contributed by atoms with E-state index in [0.29, 0.717) is 4.83 Å². The first kappa shape index (κ1) is 14.2. The molecule has 0 saturated carbocycles. The molecule has 0 amide bonds. The van der Waals surface area contributed by atoms with Crippen LogP contribution >= 0.6 is 15.9 Å². The highest BCUT2D eigenvalue weighted by molar-refractivity contribution is 9.09. The number of nitrogens with two attached hydrogens (primary N) is 1. The fourth-order valence-electron chi connectivity index (χ4n) is 4.00. The van der Waals surface area contributed by atoms with Crippen LogP contribution in [0.3, 0.4) is 0 Å². The maximum absolute atomic E-state index is 6.52. The number of aromatic nitrogens is 2. The summed E-state index contributed by atoms with van der Waals surface area (Å²) in [5.41, 5.74) is 3.55. The molecule has 1 unspecified atom stereocenters. The summed E-state index contributed by atoms with van der Waals surface area (Å²) in [5.74, 6) is 6.52. The second kappa shape index (κ2) is 5.15. The Labute approximate surface area is 147 Å². The summed E-state index contributed by atoms with van der Waals surface area (Å²) in [4.78, 5) is 0.361. The minimum absolute atomic E-state index is 0.361. The smallest absolute Gasteiger partial charge is 0.0961 e. The zero-order valence-corrected chi connectivity index (χ0v) is 14.8. The molecular weight excluding hydrogens is 362 g/mol. The maximum atomic E-state index is 6.52. The molecule has 24 heavy (non-hydrogen) atoms. The van der Waals surface area contributed by atoms with Crippen LogP contribution in [-0.4, -0.2) is 14.1 Å². The van der Waals surface area contributed by atoms with Gasteiger partial charge in [0.1, 0.15) is 0 Å². The van der Waals surface area contributed by atoms with Gasteiger partial charge < -0.3 is 10.4 Å². The van der Waals surface area contributed by atoms with Crippen LogP contribution in [0.25, 0.3) is 41.0 Å². The molecule has 2 aliphatic carbocycles. The van der Waals surface area contributed by atoms with Crippen molar-refractivity contribution in [1.29, 1.82) is 0 Å². The summed E-state index contributed by atoms with van der Waals surface area (Å²) >= 11 is 3.74. The van der Waals surface area contributed by atoms with Gasteiger partial charge in [0.05, 0.1) is 21.7 Å². The van der Waals surface area contributed by atoms with E-state index in [9.17, 15) is 0 Å². The molecule has 0 aliphatic heterocycles. The molecule has 5 rings (SSSR count). The van der Waals surface area contributed by atoms with Crippen LogP contribution in [0.15, 0.2) is 30.3 Å². The lowest BCUT2D eigenvalue weighted by atomic mass is 10.1. The van der Waals surface area contributed by atoms with E-state index in [2.05, 4.69) is 75.1 Å². The van der Waals surface area contributed by atoms with Gasteiger partial charge in [-0.15, -0.1) is 0 Å². The number of hydrogen-bond acceptors (Lipinski definition) is 1. The highest BCUT2D eigenvalue weighted by atomic mass is 79.9. The summed E-state index contributed by atoms with van der Waals surface area (Å²) in [7, 11) is 0. The first-order valence-corrected chi connectivity index (χ1v) is 9.29. The Bertz CT molecular complexity index is 1200. The zero-order valence-electron chi connectivity index (χ0n) is 13.2. The van der Waals surface area contributed by atoms with Gasteiger partial charge in [0.25, 0.3) is 0 Å². The maximum Gasteiger partial charge on any atom is 0.0961 e. The van der Waals surface area contributed by atoms with Gasteiger partial charge in [-0.2, -0.15) is 0 Å². The molecule has 1 atom stereocenters.